The maximum absolute atomic E-state index is 8.55. The van der Waals surface area contributed by atoms with Crippen molar-refractivity contribution >= 4 is 162 Å². The molecule has 0 aliphatic rings. The molecule has 0 N–H and O–H groups in total. The predicted molar refractivity (Wildman–Crippen MR) is 53.0 cm³/mol. The summed E-state index contributed by atoms with van der Waals surface area (Å²) in [5.74, 6) is 0. The summed E-state index contributed by atoms with van der Waals surface area (Å²) in [6, 6.07) is 0. The zero-order valence-electron chi connectivity index (χ0n) is 9.49. The van der Waals surface area contributed by atoms with Crippen molar-refractivity contribution in [3.63, 3.8) is 0 Å². The van der Waals surface area contributed by atoms with E-state index in [1.807, 2.05) is 13.8 Å². The van der Waals surface area contributed by atoms with Crippen LogP contribution < -0.4 is 29.4 Å². The molecule has 0 radical (unpaired) electrons. The van der Waals surface area contributed by atoms with Gasteiger partial charge in [0, 0.05) is 0 Å². The van der Waals surface area contributed by atoms with E-state index in [1.165, 1.54) is 5.57 Å². The van der Waals surface area contributed by atoms with Crippen LogP contribution in [0.2, 0.25) is 0 Å². The summed E-state index contributed by atoms with van der Waals surface area (Å²) in [6.07, 6.45) is 0. The first-order chi connectivity index (χ1) is 5.73. The fourth-order valence-corrected chi connectivity index (χ4v) is 0. The molecule has 0 saturated heterocycles. The Morgan fingerprint density at radius 1 is 0.765 bits per heavy atom. The van der Waals surface area contributed by atoms with Crippen LogP contribution in [0.1, 0.15) is 13.8 Å². The minimum atomic E-state index is -5.39. The Morgan fingerprint density at radius 3 is 0.765 bits per heavy atom. The third-order valence-corrected chi connectivity index (χ3v) is 0. The third kappa shape index (κ3) is 330. The van der Waals surface area contributed by atoms with Crippen molar-refractivity contribution in [2.24, 2.45) is 0 Å². The first kappa shape index (κ1) is 37.7. The maximum atomic E-state index is 8.55. The van der Waals surface area contributed by atoms with Crippen molar-refractivity contribution in [3.8, 4) is 0 Å². The quantitative estimate of drug-likeness (QED) is 0.141. The number of hydrogen-bond acceptors (Lipinski definition) is 8. The minimum absolute atomic E-state index is 0. The second-order valence-electron chi connectivity index (χ2n) is 2.10. The van der Waals surface area contributed by atoms with Gasteiger partial charge in [-0.15, -0.1) is 6.58 Å². The molecular formula is C4H8Ba3O8P2. The first-order valence-electron chi connectivity index (χ1n) is 2.81. The van der Waals surface area contributed by atoms with Gasteiger partial charge in [-0.3, -0.25) is 0 Å². The Bertz CT molecular complexity index is 207. The molecule has 0 aromatic heterocycles. The van der Waals surface area contributed by atoms with Crippen LogP contribution in [0.3, 0.4) is 0 Å². The van der Waals surface area contributed by atoms with Crippen molar-refractivity contribution in [3.05, 3.63) is 12.2 Å². The molecule has 0 amide bonds. The molecule has 0 unspecified atom stereocenters. The van der Waals surface area contributed by atoms with Crippen LogP contribution in [-0.4, -0.2) is 147 Å². The van der Waals surface area contributed by atoms with E-state index in [0.29, 0.717) is 0 Å². The van der Waals surface area contributed by atoms with Crippen LogP contribution in [0.15, 0.2) is 12.2 Å². The molecule has 0 fully saturated rings. The Morgan fingerprint density at radius 2 is 0.765 bits per heavy atom. The topological polar surface area (TPSA) is 172 Å². The average Bonchev–Trinajstić information content (AvgIpc) is 1.45. The predicted octanol–water partition coefficient (Wildman–Crippen LogP) is -5.21. The second-order valence-corrected chi connectivity index (χ2v) is 3.89. The normalized spacial score (nSPS) is 8.47. The smallest absolute Gasteiger partial charge is 0.822 e. The van der Waals surface area contributed by atoms with Crippen molar-refractivity contribution in [2.75, 3.05) is 0 Å². The van der Waals surface area contributed by atoms with Crippen molar-refractivity contribution in [1.82, 2.24) is 0 Å². The molecule has 0 aromatic rings. The van der Waals surface area contributed by atoms with Gasteiger partial charge in [0.05, 0.1) is 0 Å². The fourth-order valence-electron chi connectivity index (χ4n) is 0. The number of phosphoric acid groups is 2. The molecule has 0 spiro atoms. The monoisotopic (exact) mass is 660 g/mol. The van der Waals surface area contributed by atoms with Gasteiger partial charge < -0.3 is 38.5 Å². The molecule has 0 aromatic carbocycles. The van der Waals surface area contributed by atoms with E-state index in [-0.39, 0.29) is 147 Å². The van der Waals surface area contributed by atoms with E-state index >= 15 is 0 Å². The summed E-state index contributed by atoms with van der Waals surface area (Å²) >= 11 is 0. The van der Waals surface area contributed by atoms with Gasteiger partial charge in [-0.25, -0.2) is 0 Å². The van der Waals surface area contributed by atoms with Crippen LogP contribution in [0, 0.1) is 0 Å². The Balaban J connectivity index is -0.0000000247. The molecule has 8 nitrogen and oxygen atoms in total. The van der Waals surface area contributed by atoms with Gasteiger partial charge in [-0.2, -0.15) is 15.6 Å². The Hall–Kier alpha value is 4.67. The maximum Gasteiger partial charge on any atom is 2.00 e. The summed E-state index contributed by atoms with van der Waals surface area (Å²) in [4.78, 5) is 51.3. The molecule has 0 bridgehead atoms. The van der Waals surface area contributed by atoms with Gasteiger partial charge in [0.2, 0.25) is 0 Å². The molecule has 17 heavy (non-hydrogen) atoms. The van der Waals surface area contributed by atoms with Crippen LogP contribution in [0.5, 0.6) is 0 Å². The molecule has 0 aliphatic heterocycles. The fraction of sp³-hybridized carbons (Fsp3) is 0.500. The van der Waals surface area contributed by atoms with Gasteiger partial charge >= 0.3 is 147 Å². The molecule has 88 valence electrons. The SMILES string of the molecule is C=C(C)C.O=P([O-])([O-])[O-].O=P([O-])([O-])[O-].[Ba+2].[Ba+2].[Ba+2]. The molecule has 0 saturated carbocycles. The summed E-state index contributed by atoms with van der Waals surface area (Å²) < 4.78 is 17.1. The van der Waals surface area contributed by atoms with Gasteiger partial charge in [0.1, 0.15) is 0 Å². The summed E-state index contributed by atoms with van der Waals surface area (Å²) in [7, 11) is -10.8. The van der Waals surface area contributed by atoms with E-state index in [0.717, 1.165) is 0 Å². The van der Waals surface area contributed by atoms with Gasteiger partial charge in [0.15, 0.2) is 0 Å². The second kappa shape index (κ2) is 20.7. The molecule has 0 atom stereocenters. The van der Waals surface area contributed by atoms with Crippen molar-refractivity contribution < 1.29 is 38.5 Å². The average molecular weight is 658 g/mol. The third-order valence-electron chi connectivity index (χ3n) is 0. The van der Waals surface area contributed by atoms with Crippen LogP contribution in [-0.2, 0) is 9.13 Å². The van der Waals surface area contributed by atoms with E-state index in [4.69, 9.17) is 38.5 Å². The van der Waals surface area contributed by atoms with Crippen molar-refractivity contribution in [1.29, 1.82) is 0 Å². The number of allylic oxidation sites excluding steroid dienone is 1. The summed E-state index contributed by atoms with van der Waals surface area (Å²) in [6.45, 7) is 7.50. The van der Waals surface area contributed by atoms with Crippen LogP contribution in [0.25, 0.3) is 0 Å². The van der Waals surface area contributed by atoms with Gasteiger partial charge in [0.25, 0.3) is 0 Å². The summed E-state index contributed by atoms with van der Waals surface area (Å²) in [5, 5.41) is 0. The zero-order valence-corrected chi connectivity index (χ0v) is 24.6. The van der Waals surface area contributed by atoms with Crippen LogP contribution >= 0.6 is 15.6 Å². The molecule has 0 rings (SSSR count). The van der Waals surface area contributed by atoms with E-state index in [2.05, 4.69) is 6.58 Å². The molecule has 13 heteroatoms. The number of rotatable bonds is 0. The first-order valence-corrected chi connectivity index (χ1v) is 5.74. The van der Waals surface area contributed by atoms with Gasteiger partial charge in [-0.1, -0.05) is 5.57 Å². The zero-order chi connectivity index (χ0) is 12.6. The van der Waals surface area contributed by atoms with Gasteiger partial charge in [-0.05, 0) is 13.8 Å². The van der Waals surface area contributed by atoms with E-state index in [1.54, 1.807) is 0 Å². The van der Waals surface area contributed by atoms with Crippen molar-refractivity contribution in [2.45, 2.75) is 13.8 Å². The largest absolute Gasteiger partial charge is 2.00 e. The molecule has 0 heterocycles. The van der Waals surface area contributed by atoms with Crippen LogP contribution in [0.4, 0.5) is 0 Å². The molecule has 0 aliphatic carbocycles. The summed E-state index contributed by atoms with van der Waals surface area (Å²) in [5.41, 5.74) is 1.17. The van der Waals surface area contributed by atoms with E-state index in [9.17, 15) is 0 Å². The minimum Gasteiger partial charge on any atom is -0.822 e. The van der Waals surface area contributed by atoms with E-state index < -0.39 is 15.6 Å². The molecular weight excluding hydrogens is 650 g/mol. The Kier molecular flexibility index (Phi) is 45.9. The number of hydrogen-bond donors (Lipinski definition) is 0. The standard InChI is InChI=1S/C4H8.3Ba.2H3O4P/c1-4(2)3;;;;2*1-5(2,3)4/h1H2,2-3H3;;;;2*(H3,1,2,3,4)/q;3*+2;;/p-6. The Labute approximate surface area is 221 Å².